The van der Waals surface area contributed by atoms with E-state index in [1.165, 1.54) is 24.3 Å². The topological polar surface area (TPSA) is 86.4 Å². The third-order valence-electron chi connectivity index (χ3n) is 2.40. The maximum absolute atomic E-state index is 11.8. The molecule has 0 aliphatic carbocycles. The summed E-state index contributed by atoms with van der Waals surface area (Å²) in [6, 6.07) is 1.63. The second kappa shape index (κ2) is 5.38. The van der Waals surface area contributed by atoms with Crippen molar-refractivity contribution < 1.29 is 18.7 Å². The molecule has 2 heterocycles. The van der Waals surface area contributed by atoms with Crippen molar-refractivity contribution in [1.29, 1.82) is 0 Å². The smallest absolute Gasteiger partial charge is 0.327 e. The molecule has 0 aliphatic heterocycles. The molecule has 0 radical (unpaired) electrons. The lowest BCUT2D eigenvalue weighted by molar-refractivity contribution is -0.141. The summed E-state index contributed by atoms with van der Waals surface area (Å²) in [5, 5.41) is 6.58. The summed E-state index contributed by atoms with van der Waals surface area (Å²) < 4.78 is 10.9. The predicted molar refractivity (Wildman–Crippen MR) is 65.6 cm³/mol. The van der Waals surface area contributed by atoms with Crippen LogP contribution in [-0.4, -0.2) is 28.8 Å². The number of hydrogen-bond donors (Lipinski definition) is 1. The number of nitrogens with zero attached hydrogens (tertiary/aromatic N) is 2. The van der Waals surface area contributed by atoms with Crippen LogP contribution in [0, 0.1) is 6.92 Å². The van der Waals surface area contributed by atoms with E-state index >= 15 is 0 Å². The summed E-state index contributed by atoms with van der Waals surface area (Å²) in [6.45, 7) is 1.75. The van der Waals surface area contributed by atoms with Crippen LogP contribution in [0.15, 0.2) is 29.1 Å². The Kier molecular flexibility index (Phi) is 3.65. The maximum Gasteiger partial charge on any atom is 0.327 e. The van der Waals surface area contributed by atoms with Gasteiger partial charge in [-0.3, -0.25) is 14.3 Å². The van der Waals surface area contributed by atoms with Gasteiger partial charge in [0.1, 0.15) is 18.6 Å². The first-order chi connectivity index (χ1) is 9.08. The SMILES string of the molecule is COC(=O)Cn1cc(NC(=O)c2coc(C)c2)cn1. The van der Waals surface area contributed by atoms with Crippen LogP contribution >= 0.6 is 0 Å². The van der Waals surface area contributed by atoms with Crippen LogP contribution in [0.2, 0.25) is 0 Å². The Labute approximate surface area is 109 Å². The molecule has 0 aliphatic rings. The van der Waals surface area contributed by atoms with Gasteiger partial charge in [-0.2, -0.15) is 5.10 Å². The summed E-state index contributed by atoms with van der Waals surface area (Å²) in [4.78, 5) is 22.9. The number of methoxy groups -OCH3 is 1. The first-order valence-corrected chi connectivity index (χ1v) is 5.54. The van der Waals surface area contributed by atoms with E-state index < -0.39 is 5.97 Å². The molecule has 2 aromatic rings. The summed E-state index contributed by atoms with van der Waals surface area (Å²) in [7, 11) is 1.30. The molecule has 0 atom stereocenters. The molecule has 1 N–H and O–H groups in total. The van der Waals surface area contributed by atoms with Crippen molar-refractivity contribution in [1.82, 2.24) is 9.78 Å². The fourth-order valence-electron chi connectivity index (χ4n) is 1.48. The van der Waals surface area contributed by atoms with Crippen LogP contribution in [0.4, 0.5) is 5.69 Å². The number of nitrogens with one attached hydrogen (secondary N) is 1. The first kappa shape index (κ1) is 12.9. The zero-order chi connectivity index (χ0) is 13.8. The van der Waals surface area contributed by atoms with Crippen LogP contribution in [0.3, 0.4) is 0 Å². The summed E-state index contributed by atoms with van der Waals surface area (Å²) in [5.41, 5.74) is 0.922. The summed E-state index contributed by atoms with van der Waals surface area (Å²) in [5.74, 6) is -0.0487. The Balaban J connectivity index is 2.00. The molecule has 0 saturated carbocycles. The lowest BCUT2D eigenvalue weighted by atomic mass is 10.3. The fraction of sp³-hybridized carbons (Fsp3) is 0.250. The number of carbonyl (C=O) groups is 2. The summed E-state index contributed by atoms with van der Waals surface area (Å²) >= 11 is 0. The number of amides is 1. The van der Waals surface area contributed by atoms with Crippen LogP contribution in [0.5, 0.6) is 0 Å². The van der Waals surface area contributed by atoms with Crippen LogP contribution in [0.25, 0.3) is 0 Å². The van der Waals surface area contributed by atoms with Gasteiger partial charge >= 0.3 is 5.97 Å². The molecule has 2 aromatic heterocycles. The highest BCUT2D eigenvalue weighted by Crippen LogP contribution is 2.11. The highest BCUT2D eigenvalue weighted by Gasteiger charge is 2.11. The number of carbonyl (C=O) groups excluding carboxylic acids is 2. The maximum atomic E-state index is 11.8. The Bertz CT molecular complexity index is 600. The number of aryl methyl sites for hydroxylation is 1. The van der Waals surface area contributed by atoms with Gasteiger partial charge in [0.2, 0.25) is 0 Å². The normalized spacial score (nSPS) is 10.2. The Morgan fingerprint density at radius 1 is 1.53 bits per heavy atom. The highest BCUT2D eigenvalue weighted by molar-refractivity contribution is 6.03. The number of anilines is 1. The van der Waals surface area contributed by atoms with Gasteiger partial charge in [-0.1, -0.05) is 0 Å². The van der Waals surface area contributed by atoms with Gasteiger partial charge in [0.25, 0.3) is 5.91 Å². The third-order valence-corrected chi connectivity index (χ3v) is 2.40. The first-order valence-electron chi connectivity index (χ1n) is 5.54. The molecule has 0 saturated heterocycles. The number of aromatic nitrogens is 2. The summed E-state index contributed by atoms with van der Waals surface area (Å²) in [6.07, 6.45) is 4.37. The molecule has 0 aromatic carbocycles. The van der Waals surface area contributed by atoms with Crippen molar-refractivity contribution in [2.45, 2.75) is 13.5 Å². The van der Waals surface area contributed by atoms with Gasteiger partial charge < -0.3 is 14.5 Å². The van der Waals surface area contributed by atoms with Crippen molar-refractivity contribution >= 4 is 17.6 Å². The average Bonchev–Trinajstić information content (AvgIpc) is 2.98. The number of furan rings is 1. The Morgan fingerprint density at radius 2 is 2.32 bits per heavy atom. The largest absolute Gasteiger partial charge is 0.469 e. The standard InChI is InChI=1S/C12H13N3O4/c1-8-3-9(7-19-8)12(17)14-10-4-13-15(5-10)6-11(16)18-2/h3-5,7H,6H2,1-2H3,(H,14,17). The molecular formula is C12H13N3O4. The van der Waals surface area contributed by atoms with Gasteiger partial charge in [-0.25, -0.2) is 0 Å². The van der Waals surface area contributed by atoms with E-state index in [-0.39, 0.29) is 12.5 Å². The lowest BCUT2D eigenvalue weighted by Crippen LogP contribution is -2.12. The molecular weight excluding hydrogens is 250 g/mol. The molecule has 100 valence electrons. The predicted octanol–water partition coefficient (Wildman–Crippen LogP) is 1.21. The zero-order valence-corrected chi connectivity index (χ0v) is 10.5. The minimum Gasteiger partial charge on any atom is -0.469 e. The van der Waals surface area contributed by atoms with E-state index in [9.17, 15) is 9.59 Å². The molecule has 0 fully saturated rings. The Hall–Kier alpha value is -2.57. The quantitative estimate of drug-likeness (QED) is 0.838. The zero-order valence-electron chi connectivity index (χ0n) is 10.5. The number of rotatable bonds is 4. The van der Waals surface area contributed by atoms with E-state index in [1.807, 2.05) is 0 Å². The van der Waals surface area contributed by atoms with E-state index in [2.05, 4.69) is 15.2 Å². The number of hydrogen-bond acceptors (Lipinski definition) is 5. The molecule has 0 bridgehead atoms. The molecule has 1 amide bonds. The van der Waals surface area contributed by atoms with Gasteiger partial charge in [0.15, 0.2) is 0 Å². The minimum absolute atomic E-state index is 0.00279. The second-order valence-electron chi connectivity index (χ2n) is 3.90. The molecule has 0 unspecified atom stereocenters. The third kappa shape index (κ3) is 3.21. The van der Waals surface area contributed by atoms with E-state index in [0.717, 1.165) is 0 Å². The van der Waals surface area contributed by atoms with Gasteiger partial charge in [0.05, 0.1) is 24.6 Å². The monoisotopic (exact) mass is 263 g/mol. The molecule has 7 heteroatoms. The number of ether oxygens (including phenoxy) is 1. The molecule has 7 nitrogen and oxygen atoms in total. The molecule has 19 heavy (non-hydrogen) atoms. The Morgan fingerprint density at radius 3 is 2.95 bits per heavy atom. The van der Waals surface area contributed by atoms with E-state index in [1.54, 1.807) is 19.2 Å². The van der Waals surface area contributed by atoms with Crippen molar-refractivity contribution in [2.24, 2.45) is 0 Å². The van der Waals surface area contributed by atoms with Crippen LogP contribution < -0.4 is 5.32 Å². The van der Waals surface area contributed by atoms with E-state index in [4.69, 9.17) is 4.42 Å². The van der Waals surface area contributed by atoms with Crippen molar-refractivity contribution in [2.75, 3.05) is 12.4 Å². The van der Waals surface area contributed by atoms with E-state index in [0.29, 0.717) is 17.0 Å². The van der Waals surface area contributed by atoms with Crippen molar-refractivity contribution in [3.63, 3.8) is 0 Å². The van der Waals surface area contributed by atoms with Crippen molar-refractivity contribution in [3.8, 4) is 0 Å². The lowest BCUT2D eigenvalue weighted by Gasteiger charge is -1.99. The van der Waals surface area contributed by atoms with Gasteiger partial charge in [-0.05, 0) is 13.0 Å². The minimum atomic E-state index is -0.411. The molecule has 0 spiro atoms. The van der Waals surface area contributed by atoms with Crippen LogP contribution in [-0.2, 0) is 16.1 Å². The fourth-order valence-corrected chi connectivity index (χ4v) is 1.48. The molecule has 2 rings (SSSR count). The number of esters is 1. The second-order valence-corrected chi connectivity index (χ2v) is 3.90. The van der Waals surface area contributed by atoms with Crippen LogP contribution in [0.1, 0.15) is 16.1 Å². The average molecular weight is 263 g/mol. The van der Waals surface area contributed by atoms with Crippen molar-refractivity contribution in [3.05, 3.63) is 36.0 Å². The van der Waals surface area contributed by atoms with Gasteiger partial charge in [-0.15, -0.1) is 0 Å². The highest BCUT2D eigenvalue weighted by atomic mass is 16.5. The van der Waals surface area contributed by atoms with Gasteiger partial charge in [0, 0.05) is 6.20 Å².